The molecule has 202 valence electrons. The first-order chi connectivity index (χ1) is 18.8. The number of hydrogen-bond donors (Lipinski definition) is 1. The van der Waals surface area contributed by atoms with Gasteiger partial charge in [0.05, 0.1) is 69.8 Å². The Bertz CT molecular complexity index is 1470. The van der Waals surface area contributed by atoms with Crippen LogP contribution >= 0.6 is 0 Å². The van der Waals surface area contributed by atoms with E-state index in [0.717, 1.165) is 19.1 Å². The number of cyclic esters (lactones) is 1. The number of methoxy groups -OCH3 is 5. The highest BCUT2D eigenvalue weighted by molar-refractivity contribution is 6.10. The third-order valence-corrected chi connectivity index (χ3v) is 6.44. The van der Waals surface area contributed by atoms with Crippen LogP contribution in [0.3, 0.4) is 0 Å². The van der Waals surface area contributed by atoms with E-state index in [2.05, 4.69) is 6.07 Å². The van der Waals surface area contributed by atoms with Crippen LogP contribution in [-0.4, -0.2) is 53.5 Å². The van der Waals surface area contributed by atoms with E-state index in [1.54, 1.807) is 30.3 Å². The van der Waals surface area contributed by atoms with Gasteiger partial charge in [0.2, 0.25) is 5.75 Å². The summed E-state index contributed by atoms with van der Waals surface area (Å²) in [5.74, 6) is -3.89. The van der Waals surface area contributed by atoms with E-state index in [4.69, 9.17) is 34.2 Å². The molecule has 1 atom stereocenters. The molecule has 0 spiro atoms. The van der Waals surface area contributed by atoms with Crippen LogP contribution in [0.25, 0.3) is 0 Å². The standard InChI is InChI=1S/C27H25N3O9/c1-34-21-15-12-39-26(32)17(15)19(22(35-2)23(21)36-3)30-20(27(33)38-5)18(25(31)37-4)16(14(11-28)24(30)29)13-9-7-6-8-10-13/h6-10,16H,12,29H2,1-5H3. The molecule has 0 aromatic heterocycles. The number of ether oxygens (including phenoxy) is 6. The van der Waals surface area contributed by atoms with Crippen molar-refractivity contribution < 1.29 is 42.8 Å². The minimum absolute atomic E-state index is 0.0616. The van der Waals surface area contributed by atoms with Crippen molar-refractivity contribution in [1.29, 1.82) is 5.26 Å². The fourth-order valence-electron chi connectivity index (χ4n) is 4.83. The molecule has 2 aliphatic heterocycles. The lowest BCUT2D eigenvalue weighted by atomic mass is 9.80. The van der Waals surface area contributed by atoms with E-state index < -0.39 is 23.8 Å². The average Bonchev–Trinajstić information content (AvgIpc) is 3.35. The predicted octanol–water partition coefficient (Wildman–Crippen LogP) is 2.28. The van der Waals surface area contributed by atoms with Crippen LogP contribution in [0.4, 0.5) is 5.69 Å². The van der Waals surface area contributed by atoms with Crippen molar-refractivity contribution in [2.75, 3.05) is 40.4 Å². The number of allylic oxidation sites excluding steroid dienone is 1. The largest absolute Gasteiger partial charge is 0.492 e. The van der Waals surface area contributed by atoms with Gasteiger partial charge in [0.15, 0.2) is 11.5 Å². The zero-order valence-corrected chi connectivity index (χ0v) is 21.8. The summed E-state index contributed by atoms with van der Waals surface area (Å²) >= 11 is 0. The zero-order valence-electron chi connectivity index (χ0n) is 21.8. The van der Waals surface area contributed by atoms with Crippen molar-refractivity contribution in [1.82, 2.24) is 0 Å². The molecule has 0 saturated heterocycles. The van der Waals surface area contributed by atoms with Crippen molar-refractivity contribution >= 4 is 23.6 Å². The van der Waals surface area contributed by atoms with Gasteiger partial charge in [-0.3, -0.25) is 4.90 Å². The molecule has 2 aromatic rings. The SMILES string of the molecule is COC(=O)C1=C(C(=O)OC)N(c2c(OC)c(OC)c(OC)c3c2C(=O)OC3)C(N)=C(C#N)C1c1ccccc1. The van der Waals surface area contributed by atoms with Crippen LogP contribution < -0.4 is 24.8 Å². The molecule has 2 aliphatic rings. The molecule has 0 saturated carbocycles. The highest BCUT2D eigenvalue weighted by Crippen LogP contribution is 2.55. The van der Waals surface area contributed by atoms with Gasteiger partial charge in [-0.25, -0.2) is 14.4 Å². The Morgan fingerprint density at radius 3 is 2.13 bits per heavy atom. The van der Waals surface area contributed by atoms with E-state index in [9.17, 15) is 19.6 Å². The van der Waals surface area contributed by atoms with E-state index in [0.29, 0.717) is 5.56 Å². The lowest BCUT2D eigenvalue weighted by Crippen LogP contribution is -2.41. The quantitative estimate of drug-likeness (QED) is 0.408. The molecular weight excluding hydrogens is 510 g/mol. The van der Waals surface area contributed by atoms with Gasteiger partial charge in [-0.05, 0) is 5.56 Å². The lowest BCUT2D eigenvalue weighted by molar-refractivity contribution is -0.139. The molecule has 4 rings (SSSR count). The summed E-state index contributed by atoms with van der Waals surface area (Å²) in [4.78, 5) is 41.0. The normalized spacial score (nSPS) is 16.3. The third-order valence-electron chi connectivity index (χ3n) is 6.44. The van der Waals surface area contributed by atoms with E-state index >= 15 is 0 Å². The number of esters is 3. The Labute approximate surface area is 223 Å². The molecule has 1 unspecified atom stereocenters. The van der Waals surface area contributed by atoms with Gasteiger partial charge in [-0.15, -0.1) is 0 Å². The second-order valence-corrected chi connectivity index (χ2v) is 8.21. The molecular formula is C27H25N3O9. The summed E-state index contributed by atoms with van der Waals surface area (Å²) in [6.45, 7) is -0.180. The topological polar surface area (TPSA) is 160 Å². The van der Waals surface area contributed by atoms with Gasteiger partial charge < -0.3 is 34.2 Å². The predicted molar refractivity (Wildman–Crippen MR) is 135 cm³/mol. The maximum absolute atomic E-state index is 13.5. The smallest absolute Gasteiger partial charge is 0.355 e. The summed E-state index contributed by atoms with van der Waals surface area (Å²) in [5.41, 5.74) is 6.51. The first-order valence-corrected chi connectivity index (χ1v) is 11.5. The third kappa shape index (κ3) is 4.04. The van der Waals surface area contributed by atoms with Gasteiger partial charge in [-0.2, -0.15) is 5.26 Å². The number of nitrogens with two attached hydrogens (primary N) is 1. The number of nitriles is 1. The summed E-state index contributed by atoms with van der Waals surface area (Å²) in [6, 6.07) is 10.6. The van der Waals surface area contributed by atoms with E-state index in [-0.39, 0.29) is 63.3 Å². The number of carbonyl (C=O) groups excluding carboxylic acids is 3. The molecule has 12 heteroatoms. The Hall–Kier alpha value is -5.18. The fraction of sp³-hybridized carbons (Fsp3) is 0.259. The van der Waals surface area contributed by atoms with E-state index in [1.165, 1.54) is 21.3 Å². The monoisotopic (exact) mass is 535 g/mol. The summed E-state index contributed by atoms with van der Waals surface area (Å²) in [7, 11) is 6.29. The number of hydrogen-bond acceptors (Lipinski definition) is 12. The molecule has 39 heavy (non-hydrogen) atoms. The van der Waals surface area contributed by atoms with Gasteiger partial charge in [0, 0.05) is 0 Å². The van der Waals surface area contributed by atoms with Gasteiger partial charge in [0.25, 0.3) is 0 Å². The second kappa shape index (κ2) is 10.7. The minimum atomic E-state index is -1.10. The van der Waals surface area contributed by atoms with E-state index in [1.807, 2.05) is 0 Å². The Kier molecular flexibility index (Phi) is 7.35. The summed E-state index contributed by atoms with van der Waals surface area (Å²) in [5, 5.41) is 10.3. The van der Waals surface area contributed by atoms with Crippen LogP contribution in [-0.2, 0) is 30.4 Å². The molecule has 12 nitrogen and oxygen atoms in total. The number of carbonyl (C=O) groups is 3. The number of anilines is 1. The molecule has 2 N–H and O–H groups in total. The fourth-order valence-corrected chi connectivity index (χ4v) is 4.83. The first-order valence-electron chi connectivity index (χ1n) is 11.5. The maximum atomic E-state index is 13.5. The van der Waals surface area contributed by atoms with Crippen molar-refractivity contribution in [2.24, 2.45) is 5.73 Å². The van der Waals surface area contributed by atoms with Gasteiger partial charge >= 0.3 is 17.9 Å². The number of rotatable bonds is 7. The van der Waals surface area contributed by atoms with Crippen molar-refractivity contribution in [3.05, 3.63) is 69.7 Å². The highest BCUT2D eigenvalue weighted by Gasteiger charge is 2.47. The minimum Gasteiger partial charge on any atom is -0.492 e. The zero-order chi connectivity index (χ0) is 28.4. The molecule has 0 aliphatic carbocycles. The molecule has 0 radical (unpaired) electrons. The van der Waals surface area contributed by atoms with Crippen molar-refractivity contribution in [2.45, 2.75) is 12.5 Å². The number of benzene rings is 2. The maximum Gasteiger partial charge on any atom is 0.355 e. The molecule has 0 bridgehead atoms. The second-order valence-electron chi connectivity index (χ2n) is 8.21. The Balaban J connectivity index is 2.22. The van der Waals surface area contributed by atoms with Crippen molar-refractivity contribution in [3.8, 4) is 23.3 Å². The molecule has 0 fully saturated rings. The van der Waals surface area contributed by atoms with Crippen molar-refractivity contribution in [3.63, 3.8) is 0 Å². The van der Waals surface area contributed by atoms with Crippen LogP contribution in [0.1, 0.15) is 27.4 Å². The number of fused-ring (bicyclic) bond motifs is 1. The Morgan fingerprint density at radius 2 is 1.59 bits per heavy atom. The average molecular weight is 536 g/mol. The summed E-state index contributed by atoms with van der Waals surface area (Å²) < 4.78 is 32.1. The molecule has 2 aromatic carbocycles. The van der Waals surface area contributed by atoms with Gasteiger partial charge in [0.1, 0.15) is 23.8 Å². The first kappa shape index (κ1) is 26.9. The molecule has 2 heterocycles. The van der Waals surface area contributed by atoms with Crippen LogP contribution in [0.15, 0.2) is 53.0 Å². The van der Waals surface area contributed by atoms with Crippen LogP contribution in [0.5, 0.6) is 17.2 Å². The summed E-state index contributed by atoms with van der Waals surface area (Å²) in [6.07, 6.45) is 0. The van der Waals surface area contributed by atoms with Crippen LogP contribution in [0.2, 0.25) is 0 Å². The number of nitrogens with zero attached hydrogens (tertiary/aromatic N) is 2. The van der Waals surface area contributed by atoms with Gasteiger partial charge in [-0.1, -0.05) is 30.3 Å². The lowest BCUT2D eigenvalue weighted by Gasteiger charge is -2.37. The Morgan fingerprint density at radius 1 is 0.974 bits per heavy atom. The molecule has 0 amide bonds. The van der Waals surface area contributed by atoms with Crippen LogP contribution in [0, 0.1) is 11.3 Å². The highest BCUT2D eigenvalue weighted by atomic mass is 16.6.